The van der Waals surface area contributed by atoms with Crippen LogP contribution >= 0.6 is 0 Å². The quantitative estimate of drug-likeness (QED) is 0.0663. The number of hydrogen-bond acceptors (Lipinski definition) is 6. The lowest BCUT2D eigenvalue weighted by Gasteiger charge is -2.24. The molecule has 51 heavy (non-hydrogen) atoms. The van der Waals surface area contributed by atoms with E-state index in [2.05, 4.69) is 23.8 Å². The van der Waals surface area contributed by atoms with Gasteiger partial charge in [0.1, 0.15) is 18.5 Å². The van der Waals surface area contributed by atoms with Crippen molar-refractivity contribution in [2.45, 2.75) is 50.9 Å². The van der Waals surface area contributed by atoms with E-state index in [0.717, 1.165) is 28.0 Å². The average molecular weight is 689 g/mol. The van der Waals surface area contributed by atoms with Crippen LogP contribution in [-0.2, 0) is 38.6 Å². The normalized spacial score (nSPS) is 13.1. The van der Waals surface area contributed by atoms with Crippen molar-refractivity contribution in [3.63, 3.8) is 0 Å². The number of nitrogens with one attached hydrogen (secondary N) is 2. The lowest BCUT2D eigenvalue weighted by atomic mass is 9.96. The van der Waals surface area contributed by atoms with E-state index in [1.807, 2.05) is 115 Å². The van der Waals surface area contributed by atoms with Gasteiger partial charge in [-0.05, 0) is 60.1 Å². The molecule has 4 atom stereocenters. The van der Waals surface area contributed by atoms with Crippen LogP contribution < -0.4 is 15.4 Å². The third-order valence-corrected chi connectivity index (χ3v) is 8.49. The minimum absolute atomic E-state index is 0.0281. The molecule has 0 aromatic heterocycles. The van der Waals surface area contributed by atoms with E-state index in [1.54, 1.807) is 12.2 Å². The fourth-order valence-electron chi connectivity index (χ4n) is 5.74. The van der Waals surface area contributed by atoms with Crippen LogP contribution in [0.4, 0.5) is 0 Å². The monoisotopic (exact) mass is 688 g/mol. The number of aliphatic hydroxyl groups excluding tert-OH is 1. The highest BCUT2D eigenvalue weighted by molar-refractivity contribution is 5.86. The molecule has 4 aromatic rings. The number of hydrogen-bond donors (Lipinski definition) is 3. The van der Waals surface area contributed by atoms with Crippen LogP contribution in [0, 0.1) is 11.8 Å². The van der Waals surface area contributed by atoms with Gasteiger partial charge in [-0.15, -0.1) is 13.2 Å². The fraction of sp³-hybridized carbons (Fsp3) is 0.279. The molecule has 0 aliphatic carbocycles. The largest absolute Gasteiger partial charge is 0.489 e. The van der Waals surface area contributed by atoms with Crippen molar-refractivity contribution in [1.29, 1.82) is 0 Å². The van der Waals surface area contributed by atoms with Gasteiger partial charge in [0.05, 0.1) is 31.0 Å². The van der Waals surface area contributed by atoms with Crippen LogP contribution in [0.1, 0.15) is 47.6 Å². The first-order chi connectivity index (χ1) is 24.9. The van der Waals surface area contributed by atoms with Crippen molar-refractivity contribution in [1.82, 2.24) is 10.6 Å². The Bertz CT molecular complexity index is 1660. The second-order valence-electron chi connectivity index (χ2n) is 12.5. The SMILES string of the molecule is C=CC[C@H](CC(=O)N[C@H](CO)Cc1ccc(OCc2ccccc2)cc1)C(=O)NC[C@@H](OC(=O)[C@H](CC=C)Cc1ccccc1)c1ccccc1. The molecule has 0 fully saturated rings. The van der Waals surface area contributed by atoms with Gasteiger partial charge < -0.3 is 25.2 Å². The Labute approximate surface area is 301 Å². The van der Waals surface area contributed by atoms with Gasteiger partial charge in [-0.2, -0.15) is 0 Å². The number of amides is 2. The molecule has 3 N–H and O–H groups in total. The lowest BCUT2D eigenvalue weighted by Crippen LogP contribution is -2.42. The smallest absolute Gasteiger partial charge is 0.310 e. The maximum absolute atomic E-state index is 13.4. The Morgan fingerprint density at radius 1 is 0.706 bits per heavy atom. The molecule has 0 bridgehead atoms. The molecule has 0 aliphatic rings. The van der Waals surface area contributed by atoms with Crippen LogP contribution in [-0.4, -0.2) is 42.1 Å². The van der Waals surface area contributed by atoms with Crippen LogP contribution in [0.2, 0.25) is 0 Å². The highest BCUT2D eigenvalue weighted by atomic mass is 16.5. The number of rotatable bonds is 21. The molecule has 0 radical (unpaired) electrons. The predicted octanol–water partition coefficient (Wildman–Crippen LogP) is 6.70. The van der Waals surface area contributed by atoms with Crippen molar-refractivity contribution in [2.75, 3.05) is 13.2 Å². The highest BCUT2D eigenvalue weighted by Gasteiger charge is 2.27. The molecule has 0 aliphatic heterocycles. The second-order valence-corrected chi connectivity index (χ2v) is 12.5. The van der Waals surface area contributed by atoms with E-state index < -0.39 is 24.0 Å². The Morgan fingerprint density at radius 3 is 1.88 bits per heavy atom. The van der Waals surface area contributed by atoms with E-state index in [0.29, 0.717) is 25.9 Å². The first-order valence-electron chi connectivity index (χ1n) is 17.3. The van der Waals surface area contributed by atoms with Crippen molar-refractivity contribution in [3.05, 3.63) is 163 Å². The highest BCUT2D eigenvalue weighted by Crippen LogP contribution is 2.23. The number of benzene rings is 4. The third kappa shape index (κ3) is 13.1. The maximum atomic E-state index is 13.4. The minimum atomic E-state index is -0.738. The summed E-state index contributed by atoms with van der Waals surface area (Å²) in [5.41, 5.74) is 3.74. The molecule has 8 nitrogen and oxygen atoms in total. The summed E-state index contributed by atoms with van der Waals surface area (Å²) < 4.78 is 11.9. The topological polar surface area (TPSA) is 114 Å². The van der Waals surface area contributed by atoms with Gasteiger partial charge in [-0.1, -0.05) is 115 Å². The first kappa shape index (κ1) is 38.3. The zero-order valence-electron chi connectivity index (χ0n) is 29.0. The Hall–Kier alpha value is -5.47. The van der Waals surface area contributed by atoms with Crippen molar-refractivity contribution in [2.24, 2.45) is 11.8 Å². The summed E-state index contributed by atoms with van der Waals surface area (Å²) in [7, 11) is 0. The summed E-state index contributed by atoms with van der Waals surface area (Å²) in [6, 6.07) is 35.9. The zero-order chi connectivity index (χ0) is 36.3. The zero-order valence-corrected chi connectivity index (χ0v) is 29.0. The predicted molar refractivity (Wildman–Crippen MR) is 200 cm³/mol. The third-order valence-electron chi connectivity index (χ3n) is 8.49. The lowest BCUT2D eigenvalue weighted by molar-refractivity contribution is -0.154. The van der Waals surface area contributed by atoms with E-state index >= 15 is 0 Å². The summed E-state index contributed by atoms with van der Waals surface area (Å²) >= 11 is 0. The average Bonchev–Trinajstić information content (AvgIpc) is 3.16. The molecule has 0 unspecified atom stereocenters. The van der Waals surface area contributed by atoms with Crippen molar-refractivity contribution in [3.8, 4) is 5.75 Å². The number of allylic oxidation sites excluding steroid dienone is 2. The molecule has 0 heterocycles. The molecule has 4 rings (SSSR count). The van der Waals surface area contributed by atoms with Crippen LogP contribution in [0.3, 0.4) is 0 Å². The summed E-state index contributed by atoms with van der Waals surface area (Å²) in [5, 5.41) is 15.8. The Kier molecular flexibility index (Phi) is 15.7. The van der Waals surface area contributed by atoms with Gasteiger partial charge >= 0.3 is 5.97 Å². The van der Waals surface area contributed by atoms with Gasteiger partial charge in [0.25, 0.3) is 0 Å². The Morgan fingerprint density at radius 2 is 1.27 bits per heavy atom. The van der Waals surface area contributed by atoms with Gasteiger partial charge in [0, 0.05) is 6.42 Å². The molecular weight excluding hydrogens is 640 g/mol. The molecule has 0 saturated carbocycles. The number of ether oxygens (including phenoxy) is 2. The molecule has 266 valence electrons. The summed E-state index contributed by atoms with van der Waals surface area (Å²) in [4.78, 5) is 40.0. The molecular formula is C43H48N2O6. The van der Waals surface area contributed by atoms with E-state index in [9.17, 15) is 19.5 Å². The Balaban J connectivity index is 1.32. The molecule has 0 saturated heterocycles. The number of esters is 1. The van der Waals surface area contributed by atoms with Gasteiger partial charge in [-0.3, -0.25) is 14.4 Å². The van der Waals surface area contributed by atoms with Gasteiger partial charge in [-0.25, -0.2) is 0 Å². The molecule has 4 aromatic carbocycles. The molecule has 8 heteroatoms. The van der Waals surface area contributed by atoms with E-state index in [-0.39, 0.29) is 43.8 Å². The fourth-order valence-corrected chi connectivity index (χ4v) is 5.74. The van der Waals surface area contributed by atoms with E-state index in [4.69, 9.17) is 9.47 Å². The van der Waals surface area contributed by atoms with Gasteiger partial charge in [0.15, 0.2) is 0 Å². The van der Waals surface area contributed by atoms with Crippen molar-refractivity contribution >= 4 is 17.8 Å². The number of carbonyl (C=O) groups is 3. The summed E-state index contributed by atoms with van der Waals surface area (Å²) in [5.74, 6) is -1.53. The minimum Gasteiger partial charge on any atom is -0.489 e. The van der Waals surface area contributed by atoms with Crippen molar-refractivity contribution < 1.29 is 29.0 Å². The van der Waals surface area contributed by atoms with Crippen LogP contribution in [0.5, 0.6) is 5.75 Å². The molecule has 0 spiro atoms. The standard InChI is InChI=1S/C43H48N2O6/c1-3-14-36(28-41(47)45-38(30-46)27-33-22-24-39(25-23-33)50-31-34-18-10-6-11-19-34)42(48)44-29-40(35-20-12-7-13-21-35)51-43(49)37(15-4-2)26-32-16-8-5-9-17-32/h3-13,16-25,36-38,40,46H,1-2,14-15,26-31H2,(H,44,48)(H,45,47)/t36-,37-,38+,40-/m1/s1. The summed E-state index contributed by atoms with van der Waals surface area (Å²) in [6.07, 6.45) is 4.08. The number of aliphatic hydroxyl groups is 1. The van der Waals surface area contributed by atoms with Crippen LogP contribution in [0.25, 0.3) is 0 Å². The maximum Gasteiger partial charge on any atom is 0.310 e. The summed E-state index contributed by atoms with van der Waals surface area (Å²) in [6.45, 7) is 7.81. The molecule has 2 amide bonds. The second kappa shape index (κ2) is 20.9. The van der Waals surface area contributed by atoms with Gasteiger partial charge in [0.2, 0.25) is 11.8 Å². The van der Waals surface area contributed by atoms with Crippen LogP contribution in [0.15, 0.2) is 141 Å². The number of carbonyl (C=O) groups excluding carboxylic acids is 3. The first-order valence-corrected chi connectivity index (χ1v) is 17.3. The van der Waals surface area contributed by atoms with E-state index in [1.165, 1.54) is 0 Å².